The summed E-state index contributed by atoms with van der Waals surface area (Å²) in [6.45, 7) is 1.98. The first-order valence-corrected chi connectivity index (χ1v) is 10.9. The van der Waals surface area contributed by atoms with Crippen molar-refractivity contribution in [1.29, 1.82) is 0 Å². The number of aryl methyl sites for hydroxylation is 2. The second kappa shape index (κ2) is 9.86. The highest BCUT2D eigenvalue weighted by molar-refractivity contribution is 5.64. The summed E-state index contributed by atoms with van der Waals surface area (Å²) in [4.78, 5) is 0. The summed E-state index contributed by atoms with van der Waals surface area (Å²) in [5, 5.41) is 0. The van der Waals surface area contributed by atoms with Crippen molar-refractivity contribution in [1.82, 2.24) is 0 Å². The van der Waals surface area contributed by atoms with E-state index in [1.54, 1.807) is 12.1 Å². The molecule has 0 bridgehead atoms. The molecule has 3 heteroatoms. The van der Waals surface area contributed by atoms with E-state index >= 15 is 0 Å². The molecule has 4 aromatic carbocycles. The third-order valence-electron chi connectivity index (χ3n) is 5.92. The Morgan fingerprint density at radius 1 is 0.625 bits per heavy atom. The average molecular weight is 431 g/mol. The van der Waals surface area contributed by atoms with Gasteiger partial charge < -0.3 is 0 Å². The lowest BCUT2D eigenvalue weighted by molar-refractivity contribution is 0.544. The van der Waals surface area contributed by atoms with Gasteiger partial charge in [0.2, 0.25) is 0 Å². The summed E-state index contributed by atoms with van der Waals surface area (Å²) in [6.07, 6.45) is 1.92. The largest absolute Gasteiger partial charge is 0.207 e. The predicted molar refractivity (Wildman–Crippen MR) is 124 cm³/mol. The minimum Gasteiger partial charge on any atom is -0.207 e. The second-order valence-corrected chi connectivity index (χ2v) is 8.26. The highest BCUT2D eigenvalue weighted by Crippen LogP contribution is 2.29. The highest BCUT2D eigenvalue weighted by atomic mass is 19.1. The van der Waals surface area contributed by atoms with Gasteiger partial charge in [-0.25, -0.2) is 13.2 Å². The first-order chi connectivity index (χ1) is 15.5. The van der Waals surface area contributed by atoms with Gasteiger partial charge in [0.1, 0.15) is 17.5 Å². The Kier molecular flexibility index (Phi) is 6.75. The minimum atomic E-state index is -0.511. The fourth-order valence-corrected chi connectivity index (χ4v) is 3.97. The van der Waals surface area contributed by atoms with Crippen molar-refractivity contribution in [2.24, 2.45) is 0 Å². The molecule has 0 saturated carbocycles. The maximum atomic E-state index is 14.8. The van der Waals surface area contributed by atoms with Crippen LogP contribution in [0.4, 0.5) is 13.2 Å². The molecule has 0 saturated heterocycles. The molecule has 0 aliphatic heterocycles. The molecule has 4 rings (SSSR count). The first-order valence-electron chi connectivity index (χ1n) is 10.9. The Hall–Kier alpha value is -3.33. The third kappa shape index (κ3) is 5.28. The fourth-order valence-electron chi connectivity index (χ4n) is 3.97. The van der Waals surface area contributed by atoms with Gasteiger partial charge in [-0.1, -0.05) is 73.7 Å². The van der Waals surface area contributed by atoms with Crippen molar-refractivity contribution in [2.45, 2.75) is 32.1 Å². The third-order valence-corrected chi connectivity index (χ3v) is 5.92. The Morgan fingerprint density at radius 3 is 1.72 bits per heavy atom. The lowest BCUT2D eigenvalue weighted by atomic mass is 9.92. The van der Waals surface area contributed by atoms with Gasteiger partial charge >= 0.3 is 0 Å². The van der Waals surface area contributed by atoms with E-state index in [-0.39, 0.29) is 17.3 Å². The van der Waals surface area contributed by atoms with E-state index in [0.717, 1.165) is 35.1 Å². The van der Waals surface area contributed by atoms with Gasteiger partial charge in [-0.05, 0) is 77.3 Å². The minimum absolute atomic E-state index is 0.0199. The SMILES string of the molecule is C[C@@H](Cc1c(F)cc(-c2ccc(CCc3ccc(F)cc3)cc2)cc1F)c1ccccc1. The monoisotopic (exact) mass is 430 g/mol. The van der Waals surface area contributed by atoms with Gasteiger partial charge in [-0.3, -0.25) is 0 Å². The van der Waals surface area contributed by atoms with E-state index in [1.165, 1.54) is 24.3 Å². The number of hydrogen-bond donors (Lipinski definition) is 0. The average Bonchev–Trinajstić information content (AvgIpc) is 2.81. The molecule has 0 aliphatic rings. The van der Waals surface area contributed by atoms with Crippen LogP contribution in [0.15, 0.2) is 91.0 Å². The summed E-state index contributed by atoms with van der Waals surface area (Å²) in [5.74, 6) is -1.24. The molecular weight excluding hydrogens is 405 g/mol. The number of benzene rings is 4. The van der Waals surface area contributed by atoms with Gasteiger partial charge in [0.15, 0.2) is 0 Å². The first kappa shape index (κ1) is 21.9. The van der Waals surface area contributed by atoms with E-state index < -0.39 is 11.6 Å². The van der Waals surface area contributed by atoms with Crippen LogP contribution in [0, 0.1) is 17.5 Å². The highest BCUT2D eigenvalue weighted by Gasteiger charge is 2.16. The zero-order valence-corrected chi connectivity index (χ0v) is 18.0. The molecule has 0 unspecified atom stereocenters. The van der Waals surface area contributed by atoms with Crippen molar-refractivity contribution in [3.63, 3.8) is 0 Å². The van der Waals surface area contributed by atoms with Crippen LogP contribution in [-0.4, -0.2) is 0 Å². The van der Waals surface area contributed by atoms with Crippen LogP contribution >= 0.6 is 0 Å². The Bertz CT molecular complexity index is 1140. The van der Waals surface area contributed by atoms with Gasteiger partial charge in [-0.15, -0.1) is 0 Å². The topological polar surface area (TPSA) is 0 Å². The molecule has 1 atom stereocenters. The molecule has 162 valence electrons. The van der Waals surface area contributed by atoms with Gasteiger partial charge in [-0.2, -0.15) is 0 Å². The maximum absolute atomic E-state index is 14.8. The zero-order chi connectivity index (χ0) is 22.5. The van der Waals surface area contributed by atoms with E-state index in [1.807, 2.05) is 61.5 Å². The maximum Gasteiger partial charge on any atom is 0.129 e. The molecule has 0 heterocycles. The lowest BCUT2D eigenvalue weighted by Gasteiger charge is -2.14. The van der Waals surface area contributed by atoms with Crippen molar-refractivity contribution in [3.05, 3.63) is 131 Å². The normalized spacial score (nSPS) is 12.0. The second-order valence-electron chi connectivity index (χ2n) is 8.26. The van der Waals surface area contributed by atoms with Gasteiger partial charge in [0.25, 0.3) is 0 Å². The van der Waals surface area contributed by atoms with E-state index in [9.17, 15) is 13.2 Å². The molecule has 0 aliphatic carbocycles. The van der Waals surface area contributed by atoms with E-state index in [2.05, 4.69) is 0 Å². The van der Waals surface area contributed by atoms with Crippen LogP contribution < -0.4 is 0 Å². The summed E-state index contributed by atoms with van der Waals surface area (Å²) in [5.41, 5.74) is 4.68. The standard InChI is InChI=1S/C29H25F3/c1-20(23-5-3-2-4-6-23)17-27-28(31)18-25(19-29(27)32)24-13-9-21(10-14-24)7-8-22-11-15-26(30)16-12-22/h2-6,9-16,18-20H,7-8,17H2,1H3/t20-/m0/s1. The Morgan fingerprint density at radius 2 is 1.16 bits per heavy atom. The molecule has 0 N–H and O–H groups in total. The van der Waals surface area contributed by atoms with E-state index in [4.69, 9.17) is 0 Å². The Labute approximate surface area is 187 Å². The van der Waals surface area contributed by atoms with Crippen molar-refractivity contribution in [2.75, 3.05) is 0 Å². The Balaban J connectivity index is 1.46. The predicted octanol–water partition coefficient (Wildman–Crippen LogP) is 7.90. The van der Waals surface area contributed by atoms with Crippen LogP contribution in [0.1, 0.15) is 35.1 Å². The number of hydrogen-bond acceptors (Lipinski definition) is 0. The molecule has 0 aromatic heterocycles. The number of halogens is 3. The molecule has 0 nitrogen and oxygen atoms in total. The quantitative estimate of drug-likeness (QED) is 0.279. The van der Waals surface area contributed by atoms with Crippen LogP contribution in [0.2, 0.25) is 0 Å². The van der Waals surface area contributed by atoms with Crippen LogP contribution in [-0.2, 0) is 19.3 Å². The molecule has 0 radical (unpaired) electrons. The fraction of sp³-hybridized carbons (Fsp3) is 0.172. The number of rotatable bonds is 7. The summed E-state index contributed by atoms with van der Waals surface area (Å²) in [6, 6.07) is 26.8. The van der Waals surface area contributed by atoms with Crippen LogP contribution in [0.3, 0.4) is 0 Å². The summed E-state index contributed by atoms with van der Waals surface area (Å²) < 4.78 is 42.7. The van der Waals surface area contributed by atoms with E-state index in [0.29, 0.717) is 12.0 Å². The lowest BCUT2D eigenvalue weighted by Crippen LogP contribution is -2.04. The van der Waals surface area contributed by atoms with Crippen molar-refractivity contribution < 1.29 is 13.2 Å². The van der Waals surface area contributed by atoms with Gasteiger partial charge in [0.05, 0.1) is 0 Å². The summed E-state index contributed by atoms with van der Waals surface area (Å²) in [7, 11) is 0. The van der Waals surface area contributed by atoms with Crippen LogP contribution in [0.25, 0.3) is 11.1 Å². The molecular formula is C29H25F3. The van der Waals surface area contributed by atoms with Gasteiger partial charge in [0, 0.05) is 5.56 Å². The molecule has 0 fully saturated rings. The molecule has 0 amide bonds. The van der Waals surface area contributed by atoms with Crippen molar-refractivity contribution in [3.8, 4) is 11.1 Å². The molecule has 0 spiro atoms. The smallest absolute Gasteiger partial charge is 0.129 e. The summed E-state index contributed by atoms with van der Waals surface area (Å²) >= 11 is 0. The van der Waals surface area contributed by atoms with Crippen molar-refractivity contribution >= 4 is 0 Å². The zero-order valence-electron chi connectivity index (χ0n) is 18.0. The molecule has 32 heavy (non-hydrogen) atoms. The molecule has 4 aromatic rings. The van der Waals surface area contributed by atoms with Crippen LogP contribution in [0.5, 0.6) is 0 Å².